The summed E-state index contributed by atoms with van der Waals surface area (Å²) in [5.41, 5.74) is 7.36. The second-order valence-corrected chi connectivity index (χ2v) is 5.08. The van der Waals surface area contributed by atoms with E-state index in [1.807, 2.05) is 9.36 Å². The van der Waals surface area contributed by atoms with Crippen molar-refractivity contribution < 1.29 is 0 Å². The molecule has 0 saturated heterocycles. The molecule has 1 heterocycles. The summed E-state index contributed by atoms with van der Waals surface area (Å²) in [7, 11) is 0. The van der Waals surface area contributed by atoms with Crippen molar-refractivity contribution in [1.29, 1.82) is 0 Å². The van der Waals surface area contributed by atoms with Crippen LogP contribution in [0.25, 0.3) is 0 Å². The summed E-state index contributed by atoms with van der Waals surface area (Å²) in [6.07, 6.45) is 1.79. The van der Waals surface area contributed by atoms with E-state index in [9.17, 15) is 4.79 Å². The molecule has 0 saturated carbocycles. The van der Waals surface area contributed by atoms with E-state index in [4.69, 9.17) is 5.73 Å². The average molecular weight is 239 g/mol. The van der Waals surface area contributed by atoms with E-state index in [-0.39, 0.29) is 11.6 Å². The van der Waals surface area contributed by atoms with Crippen LogP contribution in [0.5, 0.6) is 0 Å². The lowest BCUT2D eigenvalue weighted by molar-refractivity contribution is 0.368. The molecule has 0 aromatic carbocycles. The molecular weight excluding hydrogens is 214 g/mol. The van der Waals surface area contributed by atoms with Gasteiger partial charge in [-0.1, -0.05) is 20.8 Å². The minimum Gasteiger partial charge on any atom is -0.393 e. The Kier molecular flexibility index (Phi) is 4.43. The first-order valence-corrected chi connectivity index (χ1v) is 6.53. The minimum absolute atomic E-state index is 0.0307. The molecule has 0 fully saturated rings. The van der Waals surface area contributed by atoms with E-state index in [0.29, 0.717) is 11.6 Å². The fraction of sp³-hybridized carbons (Fsp3) is 0.769. The highest BCUT2D eigenvalue weighted by Crippen LogP contribution is 2.18. The van der Waals surface area contributed by atoms with Crippen molar-refractivity contribution in [3.05, 3.63) is 16.0 Å². The number of hydrogen-bond acceptors (Lipinski definition) is 2. The Morgan fingerprint density at radius 2 is 1.82 bits per heavy atom. The SMILES string of the molecule is CCC(C)n1c(=O)c(N)c(CC(C)C)n1CC. The molecule has 98 valence electrons. The van der Waals surface area contributed by atoms with Crippen molar-refractivity contribution in [2.45, 2.75) is 60.0 Å². The van der Waals surface area contributed by atoms with Gasteiger partial charge in [0.1, 0.15) is 5.69 Å². The Labute approximate surface area is 103 Å². The van der Waals surface area contributed by atoms with E-state index in [1.165, 1.54) is 0 Å². The van der Waals surface area contributed by atoms with Gasteiger partial charge in [0, 0.05) is 6.54 Å². The topological polar surface area (TPSA) is 52.9 Å². The van der Waals surface area contributed by atoms with E-state index >= 15 is 0 Å². The van der Waals surface area contributed by atoms with Gasteiger partial charge in [-0.15, -0.1) is 0 Å². The summed E-state index contributed by atoms with van der Waals surface area (Å²) >= 11 is 0. The van der Waals surface area contributed by atoms with Gasteiger partial charge in [-0.2, -0.15) is 0 Å². The first kappa shape index (κ1) is 13.9. The fourth-order valence-corrected chi connectivity index (χ4v) is 2.18. The smallest absolute Gasteiger partial charge is 0.290 e. The predicted molar refractivity (Wildman–Crippen MR) is 72.3 cm³/mol. The molecule has 1 atom stereocenters. The van der Waals surface area contributed by atoms with Gasteiger partial charge >= 0.3 is 0 Å². The lowest BCUT2D eigenvalue weighted by Gasteiger charge is -2.18. The van der Waals surface area contributed by atoms with Crippen LogP contribution in [0.3, 0.4) is 0 Å². The summed E-state index contributed by atoms with van der Waals surface area (Å²) < 4.78 is 3.86. The molecule has 4 heteroatoms. The number of rotatable bonds is 5. The Balaban J connectivity index is 3.36. The van der Waals surface area contributed by atoms with Gasteiger partial charge in [0.15, 0.2) is 0 Å². The number of aromatic nitrogens is 2. The Bertz CT molecular complexity index is 429. The van der Waals surface area contributed by atoms with Crippen molar-refractivity contribution >= 4 is 5.69 Å². The predicted octanol–water partition coefficient (Wildman–Crippen LogP) is 2.42. The molecule has 1 aromatic rings. The van der Waals surface area contributed by atoms with Crippen LogP contribution < -0.4 is 11.3 Å². The zero-order valence-corrected chi connectivity index (χ0v) is 11.7. The molecule has 0 amide bonds. The summed E-state index contributed by atoms with van der Waals surface area (Å²) in [5, 5.41) is 0. The molecule has 0 radical (unpaired) electrons. The largest absolute Gasteiger partial charge is 0.393 e. The Morgan fingerprint density at radius 3 is 2.24 bits per heavy atom. The van der Waals surface area contributed by atoms with Gasteiger partial charge < -0.3 is 5.73 Å². The second-order valence-electron chi connectivity index (χ2n) is 5.08. The third-order valence-electron chi connectivity index (χ3n) is 3.23. The van der Waals surface area contributed by atoms with Crippen molar-refractivity contribution in [2.75, 3.05) is 5.73 Å². The third kappa shape index (κ3) is 2.56. The zero-order valence-electron chi connectivity index (χ0n) is 11.7. The fourth-order valence-electron chi connectivity index (χ4n) is 2.18. The van der Waals surface area contributed by atoms with E-state index in [1.54, 1.807) is 0 Å². The van der Waals surface area contributed by atoms with Crippen LogP contribution in [-0.4, -0.2) is 9.36 Å². The van der Waals surface area contributed by atoms with Crippen LogP contribution in [0.15, 0.2) is 4.79 Å². The summed E-state index contributed by atoms with van der Waals surface area (Å²) in [5.74, 6) is 0.502. The maximum absolute atomic E-state index is 12.2. The number of nitrogens with two attached hydrogens (primary N) is 1. The van der Waals surface area contributed by atoms with E-state index in [2.05, 4.69) is 34.6 Å². The summed E-state index contributed by atoms with van der Waals surface area (Å²) in [4.78, 5) is 12.2. The lowest BCUT2D eigenvalue weighted by atomic mass is 10.1. The average Bonchev–Trinajstić information content (AvgIpc) is 2.51. The number of nitrogen functional groups attached to an aromatic ring is 1. The molecule has 0 aliphatic carbocycles. The van der Waals surface area contributed by atoms with Crippen molar-refractivity contribution in [3.8, 4) is 0 Å². The molecule has 0 aliphatic rings. The van der Waals surface area contributed by atoms with Gasteiger partial charge in [0.25, 0.3) is 5.56 Å². The maximum atomic E-state index is 12.2. The summed E-state index contributed by atoms with van der Waals surface area (Å²) in [6.45, 7) is 11.3. The van der Waals surface area contributed by atoms with Gasteiger partial charge in [-0.05, 0) is 32.6 Å². The van der Waals surface area contributed by atoms with Crippen LogP contribution in [-0.2, 0) is 13.0 Å². The van der Waals surface area contributed by atoms with Crippen LogP contribution in [0, 0.1) is 5.92 Å². The van der Waals surface area contributed by atoms with E-state index in [0.717, 1.165) is 25.1 Å². The minimum atomic E-state index is -0.0307. The van der Waals surface area contributed by atoms with Gasteiger partial charge in [0.2, 0.25) is 0 Å². The summed E-state index contributed by atoms with van der Waals surface area (Å²) in [6, 6.07) is 0.200. The maximum Gasteiger partial charge on any atom is 0.290 e. The molecule has 4 nitrogen and oxygen atoms in total. The van der Waals surface area contributed by atoms with Crippen molar-refractivity contribution in [2.24, 2.45) is 5.92 Å². The number of nitrogens with zero attached hydrogens (tertiary/aromatic N) is 2. The Hall–Kier alpha value is -1.19. The molecule has 1 aromatic heterocycles. The highest BCUT2D eigenvalue weighted by molar-refractivity contribution is 5.42. The highest BCUT2D eigenvalue weighted by atomic mass is 16.1. The van der Waals surface area contributed by atoms with Gasteiger partial charge in [-0.3, -0.25) is 9.48 Å². The number of hydrogen-bond donors (Lipinski definition) is 1. The van der Waals surface area contributed by atoms with Crippen LogP contribution in [0.4, 0.5) is 5.69 Å². The zero-order chi connectivity index (χ0) is 13.2. The molecule has 0 spiro atoms. The first-order chi connectivity index (χ1) is 7.93. The van der Waals surface area contributed by atoms with Crippen molar-refractivity contribution in [3.63, 3.8) is 0 Å². The Morgan fingerprint density at radius 1 is 1.24 bits per heavy atom. The van der Waals surface area contributed by atoms with Gasteiger partial charge in [0.05, 0.1) is 11.7 Å². The molecule has 2 N–H and O–H groups in total. The molecule has 17 heavy (non-hydrogen) atoms. The van der Waals surface area contributed by atoms with Crippen LogP contribution in [0.2, 0.25) is 0 Å². The normalized spacial score (nSPS) is 13.3. The molecule has 0 aliphatic heterocycles. The quantitative estimate of drug-likeness (QED) is 0.858. The number of anilines is 1. The van der Waals surface area contributed by atoms with Crippen molar-refractivity contribution in [1.82, 2.24) is 9.36 Å². The van der Waals surface area contributed by atoms with E-state index < -0.39 is 0 Å². The first-order valence-electron chi connectivity index (χ1n) is 6.53. The molecule has 1 unspecified atom stereocenters. The van der Waals surface area contributed by atoms with Gasteiger partial charge in [-0.25, -0.2) is 4.68 Å². The second kappa shape index (κ2) is 5.43. The molecule has 1 rings (SSSR count). The molecular formula is C13H25N3O. The highest BCUT2D eigenvalue weighted by Gasteiger charge is 2.19. The molecule has 0 bridgehead atoms. The van der Waals surface area contributed by atoms with Crippen LogP contribution in [0.1, 0.15) is 52.8 Å². The monoisotopic (exact) mass is 239 g/mol. The third-order valence-corrected chi connectivity index (χ3v) is 3.23. The van der Waals surface area contributed by atoms with Crippen LogP contribution >= 0.6 is 0 Å². The standard InChI is InChI=1S/C13H25N3O/c1-6-10(5)16-13(17)12(14)11(8-9(3)4)15(16)7-2/h9-10H,6-8,14H2,1-5H3. The lowest BCUT2D eigenvalue weighted by Crippen LogP contribution is -2.26.